The Morgan fingerprint density at radius 1 is 1.26 bits per heavy atom. The lowest BCUT2D eigenvalue weighted by atomic mass is 9.97. The lowest BCUT2D eigenvalue weighted by Crippen LogP contribution is -2.13. The summed E-state index contributed by atoms with van der Waals surface area (Å²) in [5, 5.41) is 4.68. The van der Waals surface area contributed by atoms with E-state index in [0.29, 0.717) is 5.92 Å². The first-order chi connectivity index (χ1) is 9.17. The predicted molar refractivity (Wildman–Crippen MR) is 81.7 cm³/mol. The van der Waals surface area contributed by atoms with Crippen LogP contribution in [0.2, 0.25) is 0 Å². The first-order valence-corrected chi connectivity index (χ1v) is 7.40. The van der Waals surface area contributed by atoms with Crippen LogP contribution in [0.5, 0.6) is 0 Å². The molecule has 1 unspecified atom stereocenters. The Balaban J connectivity index is 2.29. The van der Waals surface area contributed by atoms with Crippen molar-refractivity contribution in [2.75, 3.05) is 6.54 Å². The van der Waals surface area contributed by atoms with E-state index in [2.05, 4.69) is 51.2 Å². The van der Waals surface area contributed by atoms with Crippen molar-refractivity contribution in [1.82, 2.24) is 5.32 Å². The predicted octanol–water partition coefficient (Wildman–Crippen LogP) is 4.75. The zero-order valence-electron chi connectivity index (χ0n) is 12.5. The molecule has 1 N–H and O–H groups in total. The van der Waals surface area contributed by atoms with Gasteiger partial charge in [-0.2, -0.15) is 0 Å². The highest BCUT2D eigenvalue weighted by molar-refractivity contribution is 5.82. The van der Waals surface area contributed by atoms with Gasteiger partial charge >= 0.3 is 0 Å². The lowest BCUT2D eigenvalue weighted by molar-refractivity contribution is 0.510. The van der Waals surface area contributed by atoms with Gasteiger partial charge < -0.3 is 9.73 Å². The molecule has 0 aliphatic heterocycles. The molecular weight excluding hydrogens is 234 g/mol. The zero-order valence-corrected chi connectivity index (χ0v) is 12.5. The maximum atomic E-state index is 5.95. The molecule has 0 saturated heterocycles. The molecular formula is C17H25NO. The summed E-state index contributed by atoms with van der Waals surface area (Å²) in [5.41, 5.74) is 3.70. The van der Waals surface area contributed by atoms with Crippen molar-refractivity contribution in [2.45, 2.75) is 53.0 Å². The average molecular weight is 259 g/mol. The Hall–Kier alpha value is -1.28. The van der Waals surface area contributed by atoms with Crippen LogP contribution in [0.25, 0.3) is 11.0 Å². The van der Waals surface area contributed by atoms with Crippen molar-refractivity contribution in [3.63, 3.8) is 0 Å². The highest BCUT2D eigenvalue weighted by atomic mass is 16.3. The number of hydrogen-bond donors (Lipinski definition) is 1. The molecule has 104 valence electrons. The van der Waals surface area contributed by atoms with Gasteiger partial charge in [-0.05, 0) is 55.5 Å². The highest BCUT2D eigenvalue weighted by Crippen LogP contribution is 2.29. The minimum Gasteiger partial charge on any atom is -0.459 e. The molecule has 2 aromatic rings. The fourth-order valence-electron chi connectivity index (χ4n) is 2.38. The van der Waals surface area contributed by atoms with Gasteiger partial charge in [0.1, 0.15) is 11.3 Å². The molecule has 0 amide bonds. The fourth-order valence-corrected chi connectivity index (χ4v) is 2.38. The summed E-state index contributed by atoms with van der Waals surface area (Å²) in [6.07, 6.45) is 2.32. The van der Waals surface area contributed by atoms with Crippen molar-refractivity contribution in [3.05, 3.63) is 35.1 Å². The minimum absolute atomic E-state index is 0.611. The molecule has 0 bridgehead atoms. The molecule has 0 aliphatic rings. The van der Waals surface area contributed by atoms with Gasteiger partial charge in [0.25, 0.3) is 0 Å². The molecule has 1 aromatic heterocycles. The zero-order chi connectivity index (χ0) is 13.8. The molecule has 1 aromatic carbocycles. The van der Waals surface area contributed by atoms with Crippen LogP contribution < -0.4 is 5.32 Å². The van der Waals surface area contributed by atoms with Crippen LogP contribution in [-0.4, -0.2) is 6.54 Å². The van der Waals surface area contributed by atoms with Gasteiger partial charge in [-0.3, -0.25) is 0 Å². The second kappa shape index (κ2) is 6.25. The number of rotatable bonds is 6. The summed E-state index contributed by atoms with van der Waals surface area (Å²) in [6, 6.07) is 6.61. The number of furan rings is 1. The van der Waals surface area contributed by atoms with Gasteiger partial charge in [0.15, 0.2) is 0 Å². The summed E-state index contributed by atoms with van der Waals surface area (Å²) in [6.45, 7) is 10.7. The second-order valence-electron chi connectivity index (χ2n) is 5.39. The molecule has 2 heteroatoms. The summed E-state index contributed by atoms with van der Waals surface area (Å²) >= 11 is 0. The Labute approximate surface area is 116 Å². The van der Waals surface area contributed by atoms with Gasteiger partial charge in [-0.1, -0.05) is 26.8 Å². The summed E-state index contributed by atoms with van der Waals surface area (Å²) in [7, 11) is 0. The van der Waals surface area contributed by atoms with Gasteiger partial charge in [0.2, 0.25) is 0 Å². The van der Waals surface area contributed by atoms with Crippen LogP contribution in [-0.2, 0) is 6.54 Å². The van der Waals surface area contributed by atoms with Crippen molar-refractivity contribution in [1.29, 1.82) is 0 Å². The molecule has 0 saturated carbocycles. The van der Waals surface area contributed by atoms with E-state index in [1.54, 1.807) is 0 Å². The van der Waals surface area contributed by atoms with E-state index in [-0.39, 0.29) is 0 Å². The molecule has 0 spiro atoms. The lowest BCUT2D eigenvalue weighted by Gasteiger charge is -2.08. The maximum Gasteiger partial charge on any atom is 0.134 e. The monoisotopic (exact) mass is 259 g/mol. The molecule has 1 atom stereocenters. The Morgan fingerprint density at radius 2 is 2.05 bits per heavy atom. The first kappa shape index (κ1) is 14.1. The Morgan fingerprint density at radius 3 is 2.74 bits per heavy atom. The third-order valence-corrected chi connectivity index (χ3v) is 3.95. The molecule has 0 aliphatic carbocycles. The van der Waals surface area contributed by atoms with Crippen molar-refractivity contribution in [2.24, 2.45) is 0 Å². The van der Waals surface area contributed by atoms with Crippen LogP contribution in [0.15, 0.2) is 22.6 Å². The van der Waals surface area contributed by atoms with Crippen LogP contribution >= 0.6 is 0 Å². The molecule has 1 heterocycles. The molecule has 19 heavy (non-hydrogen) atoms. The van der Waals surface area contributed by atoms with Gasteiger partial charge in [-0.15, -0.1) is 0 Å². The summed E-state index contributed by atoms with van der Waals surface area (Å²) < 4.78 is 5.95. The van der Waals surface area contributed by atoms with E-state index in [1.807, 2.05) is 0 Å². The number of hydrogen-bond acceptors (Lipinski definition) is 2. The van der Waals surface area contributed by atoms with Gasteiger partial charge in [0.05, 0.1) is 6.54 Å². The smallest absolute Gasteiger partial charge is 0.134 e. The fraction of sp³-hybridized carbons (Fsp3) is 0.529. The second-order valence-corrected chi connectivity index (χ2v) is 5.39. The van der Waals surface area contributed by atoms with Crippen LogP contribution in [0, 0.1) is 6.92 Å². The largest absolute Gasteiger partial charge is 0.459 e. The molecule has 2 rings (SSSR count). The van der Waals surface area contributed by atoms with E-state index in [1.165, 1.54) is 22.9 Å². The SMILES string of the molecule is CCCNCc1oc2ccc(C(C)CC)cc2c1C. The first-order valence-electron chi connectivity index (χ1n) is 7.40. The standard InChI is InChI=1S/C17H25NO/c1-5-9-18-11-17-13(4)15-10-14(12(3)6-2)7-8-16(15)19-17/h7-8,10,12,18H,5-6,9,11H2,1-4H3. The number of aryl methyl sites for hydroxylation is 1. The Bertz CT molecular complexity index is 541. The van der Waals surface area contributed by atoms with E-state index in [4.69, 9.17) is 4.42 Å². The topological polar surface area (TPSA) is 25.2 Å². The van der Waals surface area contributed by atoms with E-state index in [9.17, 15) is 0 Å². The third-order valence-electron chi connectivity index (χ3n) is 3.95. The van der Waals surface area contributed by atoms with E-state index >= 15 is 0 Å². The van der Waals surface area contributed by atoms with Crippen molar-refractivity contribution < 1.29 is 4.42 Å². The number of nitrogens with one attached hydrogen (secondary N) is 1. The van der Waals surface area contributed by atoms with Crippen LogP contribution in [0.3, 0.4) is 0 Å². The highest BCUT2D eigenvalue weighted by Gasteiger charge is 2.12. The van der Waals surface area contributed by atoms with E-state index < -0.39 is 0 Å². The van der Waals surface area contributed by atoms with E-state index in [0.717, 1.165) is 30.9 Å². The van der Waals surface area contributed by atoms with Gasteiger partial charge in [0, 0.05) is 5.39 Å². The normalized spacial score (nSPS) is 13.1. The molecule has 2 nitrogen and oxygen atoms in total. The summed E-state index contributed by atoms with van der Waals surface area (Å²) in [4.78, 5) is 0. The number of benzene rings is 1. The van der Waals surface area contributed by atoms with Crippen molar-refractivity contribution >= 4 is 11.0 Å². The number of fused-ring (bicyclic) bond motifs is 1. The average Bonchev–Trinajstić information content (AvgIpc) is 2.75. The Kier molecular flexibility index (Phi) is 4.65. The van der Waals surface area contributed by atoms with Gasteiger partial charge in [-0.25, -0.2) is 0 Å². The van der Waals surface area contributed by atoms with Crippen LogP contribution in [0.1, 0.15) is 56.4 Å². The molecule has 0 fully saturated rings. The maximum absolute atomic E-state index is 5.95. The van der Waals surface area contributed by atoms with Crippen LogP contribution in [0.4, 0.5) is 0 Å². The van der Waals surface area contributed by atoms with Crippen molar-refractivity contribution in [3.8, 4) is 0 Å². The molecule has 0 radical (unpaired) electrons. The minimum atomic E-state index is 0.611. The third kappa shape index (κ3) is 3.01. The quantitative estimate of drug-likeness (QED) is 0.757. The summed E-state index contributed by atoms with van der Waals surface area (Å²) in [5.74, 6) is 1.69.